The lowest BCUT2D eigenvalue weighted by Gasteiger charge is -2.34. The van der Waals surface area contributed by atoms with Gasteiger partial charge in [-0.05, 0) is 24.6 Å². The first-order valence-electron chi connectivity index (χ1n) is 6.93. The van der Waals surface area contributed by atoms with E-state index in [1.54, 1.807) is 12.4 Å². The molecule has 104 valence electrons. The molecule has 0 bridgehead atoms. The van der Waals surface area contributed by atoms with Crippen LogP contribution in [0, 0.1) is 0 Å². The maximum Gasteiger partial charge on any atom is 0.317 e. The number of nitrogens with one attached hydrogen (secondary N) is 1. The summed E-state index contributed by atoms with van der Waals surface area (Å²) < 4.78 is 0. The normalized spacial score (nSPS) is 16.4. The molecule has 1 fully saturated rings. The van der Waals surface area contributed by atoms with Gasteiger partial charge in [-0.2, -0.15) is 0 Å². The van der Waals surface area contributed by atoms with E-state index >= 15 is 0 Å². The largest absolute Gasteiger partial charge is 0.334 e. The fourth-order valence-corrected chi connectivity index (χ4v) is 2.28. The summed E-state index contributed by atoms with van der Waals surface area (Å²) in [6, 6.07) is 3.87. The second-order valence-electron chi connectivity index (χ2n) is 4.85. The van der Waals surface area contributed by atoms with Gasteiger partial charge in [0.15, 0.2) is 0 Å². The van der Waals surface area contributed by atoms with Gasteiger partial charge in [0.05, 0.1) is 0 Å². The number of hydrogen-bond donors (Lipinski definition) is 1. The summed E-state index contributed by atoms with van der Waals surface area (Å²) >= 11 is 0. The highest BCUT2D eigenvalue weighted by molar-refractivity contribution is 5.74. The maximum atomic E-state index is 12.0. The van der Waals surface area contributed by atoms with Crippen molar-refractivity contribution in [2.24, 2.45) is 0 Å². The van der Waals surface area contributed by atoms with Gasteiger partial charge >= 0.3 is 6.03 Å². The minimum atomic E-state index is 0.0278. The number of aromatic nitrogens is 1. The number of carbonyl (C=O) groups is 1. The van der Waals surface area contributed by atoms with Gasteiger partial charge in [-0.1, -0.05) is 13.0 Å². The molecule has 0 aromatic carbocycles. The lowest BCUT2D eigenvalue weighted by atomic mass is 10.3. The van der Waals surface area contributed by atoms with Gasteiger partial charge < -0.3 is 10.2 Å². The van der Waals surface area contributed by atoms with Crippen molar-refractivity contribution in [2.75, 3.05) is 32.7 Å². The molecule has 0 saturated carbocycles. The molecule has 0 atom stereocenters. The topological polar surface area (TPSA) is 48.5 Å². The molecule has 0 unspecified atom stereocenters. The highest BCUT2D eigenvalue weighted by Crippen LogP contribution is 2.03. The summed E-state index contributed by atoms with van der Waals surface area (Å²) in [5.74, 6) is 0. The number of piperazine rings is 1. The number of hydrogen-bond acceptors (Lipinski definition) is 3. The fraction of sp³-hybridized carbons (Fsp3) is 0.571. The van der Waals surface area contributed by atoms with Crippen molar-refractivity contribution in [3.63, 3.8) is 0 Å². The molecule has 2 rings (SSSR count). The number of amides is 2. The molecule has 5 nitrogen and oxygen atoms in total. The SMILES string of the molecule is CCCN1CCN(C(=O)NCc2cccnc2)CC1. The third-order valence-corrected chi connectivity index (χ3v) is 3.37. The van der Waals surface area contributed by atoms with E-state index in [-0.39, 0.29) is 6.03 Å². The van der Waals surface area contributed by atoms with E-state index in [0.717, 1.165) is 38.3 Å². The molecular formula is C14H22N4O. The molecular weight excluding hydrogens is 240 g/mol. The molecule has 0 spiro atoms. The Hall–Kier alpha value is -1.62. The molecule has 0 aliphatic carbocycles. The highest BCUT2D eigenvalue weighted by Gasteiger charge is 2.19. The minimum Gasteiger partial charge on any atom is -0.334 e. The quantitative estimate of drug-likeness (QED) is 0.890. The van der Waals surface area contributed by atoms with Gasteiger partial charge in [0.2, 0.25) is 0 Å². The molecule has 1 saturated heterocycles. The predicted molar refractivity (Wildman–Crippen MR) is 74.8 cm³/mol. The maximum absolute atomic E-state index is 12.0. The summed E-state index contributed by atoms with van der Waals surface area (Å²) in [6.07, 6.45) is 4.69. The molecule has 1 aliphatic rings. The van der Waals surface area contributed by atoms with E-state index in [2.05, 4.69) is 22.1 Å². The lowest BCUT2D eigenvalue weighted by Crippen LogP contribution is -2.51. The Morgan fingerprint density at radius 1 is 1.37 bits per heavy atom. The Morgan fingerprint density at radius 3 is 2.79 bits per heavy atom. The van der Waals surface area contributed by atoms with Crippen LogP contribution < -0.4 is 5.32 Å². The standard InChI is InChI=1S/C14H22N4O/c1-2-6-17-7-9-18(10-8-17)14(19)16-12-13-4-3-5-15-11-13/h3-5,11H,2,6-10,12H2,1H3,(H,16,19). The Kier molecular flexibility index (Phi) is 5.15. The number of rotatable bonds is 4. The average Bonchev–Trinajstić information content (AvgIpc) is 2.47. The predicted octanol–water partition coefficient (Wildman–Crippen LogP) is 1.32. The van der Waals surface area contributed by atoms with Crippen molar-refractivity contribution in [1.82, 2.24) is 20.1 Å². The fourth-order valence-electron chi connectivity index (χ4n) is 2.28. The summed E-state index contributed by atoms with van der Waals surface area (Å²) in [7, 11) is 0. The van der Waals surface area contributed by atoms with Crippen LogP contribution in [0.5, 0.6) is 0 Å². The zero-order valence-corrected chi connectivity index (χ0v) is 11.5. The van der Waals surface area contributed by atoms with Crippen LogP contribution in [0.3, 0.4) is 0 Å². The Balaban J connectivity index is 1.73. The minimum absolute atomic E-state index is 0.0278. The highest BCUT2D eigenvalue weighted by atomic mass is 16.2. The van der Waals surface area contributed by atoms with Gasteiger partial charge in [0.1, 0.15) is 0 Å². The van der Waals surface area contributed by atoms with Gasteiger partial charge in [0, 0.05) is 45.1 Å². The second kappa shape index (κ2) is 7.09. The van der Waals surface area contributed by atoms with Crippen LogP contribution in [0.1, 0.15) is 18.9 Å². The van der Waals surface area contributed by atoms with Crippen molar-refractivity contribution >= 4 is 6.03 Å². The molecule has 0 radical (unpaired) electrons. The van der Waals surface area contributed by atoms with Crippen LogP contribution in [0.2, 0.25) is 0 Å². The van der Waals surface area contributed by atoms with Crippen molar-refractivity contribution < 1.29 is 4.79 Å². The summed E-state index contributed by atoms with van der Waals surface area (Å²) in [6.45, 7) is 7.46. The van der Waals surface area contributed by atoms with Crippen LogP contribution in [-0.2, 0) is 6.54 Å². The monoisotopic (exact) mass is 262 g/mol. The molecule has 1 aromatic rings. The molecule has 2 heterocycles. The van der Waals surface area contributed by atoms with Crippen LogP contribution in [0.25, 0.3) is 0 Å². The van der Waals surface area contributed by atoms with E-state index < -0.39 is 0 Å². The summed E-state index contributed by atoms with van der Waals surface area (Å²) in [5.41, 5.74) is 1.03. The third kappa shape index (κ3) is 4.21. The van der Waals surface area contributed by atoms with Crippen LogP contribution in [0.15, 0.2) is 24.5 Å². The second-order valence-corrected chi connectivity index (χ2v) is 4.85. The molecule has 5 heteroatoms. The Labute approximate surface area is 114 Å². The number of urea groups is 1. The first-order valence-corrected chi connectivity index (χ1v) is 6.93. The van der Waals surface area contributed by atoms with Gasteiger partial charge in [0.25, 0.3) is 0 Å². The smallest absolute Gasteiger partial charge is 0.317 e. The summed E-state index contributed by atoms with van der Waals surface area (Å²) in [4.78, 5) is 20.3. The van der Waals surface area contributed by atoms with Gasteiger partial charge in [-0.3, -0.25) is 9.88 Å². The summed E-state index contributed by atoms with van der Waals surface area (Å²) in [5, 5.41) is 2.94. The number of nitrogens with zero attached hydrogens (tertiary/aromatic N) is 3. The number of carbonyl (C=O) groups excluding carboxylic acids is 1. The van der Waals surface area contributed by atoms with Crippen LogP contribution in [-0.4, -0.2) is 53.5 Å². The van der Waals surface area contributed by atoms with Crippen molar-refractivity contribution in [3.8, 4) is 0 Å². The zero-order valence-electron chi connectivity index (χ0n) is 11.5. The van der Waals surface area contributed by atoms with Crippen LogP contribution in [0.4, 0.5) is 4.79 Å². The third-order valence-electron chi connectivity index (χ3n) is 3.37. The van der Waals surface area contributed by atoms with E-state index in [9.17, 15) is 4.79 Å². The Morgan fingerprint density at radius 2 is 2.16 bits per heavy atom. The van der Waals surface area contributed by atoms with Gasteiger partial charge in [-0.25, -0.2) is 4.79 Å². The first-order chi connectivity index (χ1) is 9.29. The first kappa shape index (κ1) is 13.8. The average molecular weight is 262 g/mol. The zero-order chi connectivity index (χ0) is 13.5. The Bertz CT molecular complexity index is 388. The van der Waals surface area contributed by atoms with E-state index in [1.165, 1.54) is 6.42 Å². The van der Waals surface area contributed by atoms with Gasteiger partial charge in [-0.15, -0.1) is 0 Å². The molecule has 1 N–H and O–H groups in total. The molecule has 1 aliphatic heterocycles. The van der Waals surface area contributed by atoms with E-state index in [0.29, 0.717) is 6.54 Å². The number of pyridine rings is 1. The van der Waals surface area contributed by atoms with E-state index in [1.807, 2.05) is 17.0 Å². The molecule has 19 heavy (non-hydrogen) atoms. The lowest BCUT2D eigenvalue weighted by molar-refractivity contribution is 0.139. The van der Waals surface area contributed by atoms with Crippen molar-refractivity contribution in [3.05, 3.63) is 30.1 Å². The van der Waals surface area contributed by atoms with Crippen LogP contribution >= 0.6 is 0 Å². The van der Waals surface area contributed by atoms with E-state index in [4.69, 9.17) is 0 Å². The molecule has 2 amide bonds. The molecule has 1 aromatic heterocycles. The van der Waals surface area contributed by atoms with Crippen molar-refractivity contribution in [1.29, 1.82) is 0 Å². The van der Waals surface area contributed by atoms with Crippen molar-refractivity contribution in [2.45, 2.75) is 19.9 Å².